The maximum Gasteiger partial charge on any atom is 0.261 e. The van der Waals surface area contributed by atoms with Crippen LogP contribution in [-0.2, 0) is 13.9 Å². The van der Waals surface area contributed by atoms with Crippen molar-refractivity contribution in [2.45, 2.75) is 20.3 Å². The average Bonchev–Trinajstić information content (AvgIpc) is 2.82. The molecule has 0 bridgehead atoms. The molecule has 180 valence electrons. The molecule has 0 heterocycles. The summed E-state index contributed by atoms with van der Waals surface area (Å²) in [5.74, 6) is -1.09. The van der Waals surface area contributed by atoms with E-state index >= 15 is 0 Å². The third kappa shape index (κ3) is 7.26. The molecule has 0 aliphatic rings. The van der Waals surface area contributed by atoms with E-state index in [9.17, 15) is 13.8 Å². The molecule has 0 saturated carbocycles. The minimum atomic E-state index is -3.90. The van der Waals surface area contributed by atoms with E-state index in [4.69, 9.17) is 21.9 Å². The number of nitrogen functional groups attached to an aromatic ring is 1. The fourth-order valence-corrected chi connectivity index (χ4v) is 5.36. The average molecular weight is 504 g/mol. The van der Waals surface area contributed by atoms with E-state index in [1.54, 1.807) is 24.5 Å². The van der Waals surface area contributed by atoms with Gasteiger partial charge in [-0.05, 0) is 68.3 Å². The van der Waals surface area contributed by atoms with Crippen molar-refractivity contribution in [1.29, 1.82) is 0 Å². The second-order valence-electron chi connectivity index (χ2n) is 7.10. The number of nitrogens with zero attached hydrogens (tertiary/aromatic N) is 1. The predicted octanol–water partition coefficient (Wildman–Crippen LogP) is 5.71. The van der Waals surface area contributed by atoms with Gasteiger partial charge in [-0.3, -0.25) is 14.4 Å². The van der Waals surface area contributed by atoms with Crippen LogP contribution in [0.4, 0.5) is 10.1 Å². The van der Waals surface area contributed by atoms with Gasteiger partial charge in [-0.15, -0.1) is 0 Å². The third-order valence-corrected chi connectivity index (χ3v) is 7.60. The Balaban J connectivity index is 2.43. The number of rotatable bonds is 10. The Morgan fingerprint density at radius 3 is 2.68 bits per heavy atom. The number of anilines is 1. The first-order valence-corrected chi connectivity index (χ1v) is 12.5. The van der Waals surface area contributed by atoms with Gasteiger partial charge in [0, 0.05) is 53.7 Å². The van der Waals surface area contributed by atoms with Crippen LogP contribution in [0.2, 0.25) is 5.02 Å². The number of allylic oxidation sites excluding steroid dienone is 2. The molecule has 9 heteroatoms. The number of amides is 1. The van der Waals surface area contributed by atoms with Crippen molar-refractivity contribution >= 4 is 47.4 Å². The van der Waals surface area contributed by atoms with Gasteiger partial charge >= 0.3 is 0 Å². The lowest BCUT2D eigenvalue weighted by Gasteiger charge is -2.22. The van der Waals surface area contributed by atoms with Crippen LogP contribution < -0.4 is 16.4 Å². The van der Waals surface area contributed by atoms with Crippen molar-refractivity contribution in [2.75, 3.05) is 19.4 Å². The van der Waals surface area contributed by atoms with Crippen LogP contribution in [0.15, 0.2) is 77.5 Å². The van der Waals surface area contributed by atoms with Crippen LogP contribution in [0.5, 0.6) is 0 Å². The number of carbonyl (C=O) groups excluding carboxylic acids is 1. The Hall–Kier alpha value is -2.99. The van der Waals surface area contributed by atoms with Gasteiger partial charge in [-0.1, -0.05) is 23.7 Å². The van der Waals surface area contributed by atoms with E-state index in [0.717, 1.165) is 11.6 Å². The second-order valence-corrected chi connectivity index (χ2v) is 10.0. The molecule has 0 saturated heterocycles. The zero-order chi connectivity index (χ0) is 25.1. The maximum atomic E-state index is 14.0. The molecule has 6 nitrogen and oxygen atoms in total. The number of nitrogens with two attached hydrogens (primary N) is 1. The van der Waals surface area contributed by atoms with Crippen LogP contribution in [-0.4, -0.2) is 25.8 Å². The fraction of sp³-hybridized carbons (Fsp3) is 0.200. The van der Waals surface area contributed by atoms with Gasteiger partial charge in [0.2, 0.25) is 5.91 Å². The standard InChI is InChI=1S/C25H28ClFN3O3P/c1-4-18(11-13-29-5-2)12-14-30-25(31)17-24(22-15-19(26)9-10-23(22)28)34(32,33-3)21-8-6-7-20(27)16-21/h4-11,13,15-17H,12,14,28H2,1-3H3,(H,30,31)/b13-11-,18-4+,24-17-,29-5?. The van der Waals surface area contributed by atoms with Gasteiger partial charge in [0.15, 0.2) is 0 Å². The Morgan fingerprint density at radius 2 is 2.03 bits per heavy atom. The van der Waals surface area contributed by atoms with Crippen LogP contribution in [0, 0.1) is 5.82 Å². The van der Waals surface area contributed by atoms with Gasteiger partial charge in [-0.2, -0.15) is 0 Å². The molecule has 34 heavy (non-hydrogen) atoms. The fourth-order valence-electron chi connectivity index (χ4n) is 3.13. The van der Waals surface area contributed by atoms with E-state index in [1.165, 1.54) is 37.5 Å². The van der Waals surface area contributed by atoms with Crippen LogP contribution in [0.25, 0.3) is 5.31 Å². The SMILES string of the molecule is CC=N/C=C\C(=C/C)CCNC(=O)/C=C(/c1cc(Cl)ccc1N)P(=O)(OC)c1cccc(F)c1. The van der Waals surface area contributed by atoms with Crippen molar-refractivity contribution in [1.82, 2.24) is 5.32 Å². The molecular formula is C25H28ClFN3O3P. The van der Waals surface area contributed by atoms with Crippen molar-refractivity contribution in [3.8, 4) is 0 Å². The molecule has 0 fully saturated rings. The molecular weight excluding hydrogens is 476 g/mol. The summed E-state index contributed by atoms with van der Waals surface area (Å²) in [6.45, 7) is 4.04. The van der Waals surface area contributed by atoms with Crippen molar-refractivity contribution < 1.29 is 18.3 Å². The van der Waals surface area contributed by atoms with Gasteiger partial charge in [0.25, 0.3) is 7.37 Å². The quantitative estimate of drug-likeness (QED) is 0.143. The largest absolute Gasteiger partial charge is 0.398 e. The number of aliphatic imine (C=N–C) groups is 1. The molecule has 3 N–H and O–H groups in total. The number of hydrogen-bond donors (Lipinski definition) is 2. The summed E-state index contributed by atoms with van der Waals surface area (Å²) in [7, 11) is -2.67. The van der Waals surface area contributed by atoms with Crippen LogP contribution in [0.3, 0.4) is 0 Å². The first kappa shape index (κ1) is 27.3. The van der Waals surface area contributed by atoms with Crippen molar-refractivity contribution in [2.24, 2.45) is 4.99 Å². The topological polar surface area (TPSA) is 93.8 Å². The first-order chi connectivity index (χ1) is 16.2. The summed E-state index contributed by atoms with van der Waals surface area (Å²) in [5.41, 5.74) is 7.63. The number of hydrogen-bond acceptors (Lipinski definition) is 5. The summed E-state index contributed by atoms with van der Waals surface area (Å²) in [6, 6.07) is 9.85. The summed E-state index contributed by atoms with van der Waals surface area (Å²) in [6.07, 6.45) is 8.85. The first-order valence-electron chi connectivity index (χ1n) is 10.5. The normalized spacial score (nSPS) is 14.5. The third-order valence-electron chi connectivity index (χ3n) is 4.89. The van der Waals surface area contributed by atoms with E-state index in [0.29, 0.717) is 18.0 Å². The zero-order valence-electron chi connectivity index (χ0n) is 19.3. The lowest BCUT2D eigenvalue weighted by atomic mass is 10.1. The monoisotopic (exact) mass is 503 g/mol. The number of carbonyl (C=O) groups is 1. The molecule has 2 aromatic rings. The number of nitrogens with one attached hydrogen (secondary N) is 1. The van der Waals surface area contributed by atoms with Gasteiger partial charge in [0.05, 0.1) is 5.31 Å². The number of benzene rings is 2. The molecule has 0 aliphatic heterocycles. The maximum absolute atomic E-state index is 14.0. The Bertz CT molecular complexity index is 1190. The molecule has 1 amide bonds. The highest BCUT2D eigenvalue weighted by Gasteiger charge is 2.33. The lowest BCUT2D eigenvalue weighted by molar-refractivity contribution is -0.116. The van der Waals surface area contributed by atoms with E-state index in [1.807, 2.05) is 26.0 Å². The Kier molecular flexibility index (Phi) is 10.5. The van der Waals surface area contributed by atoms with Crippen molar-refractivity contribution in [3.05, 3.63) is 88.9 Å². The van der Waals surface area contributed by atoms with Crippen LogP contribution in [0.1, 0.15) is 25.8 Å². The minimum absolute atomic E-state index is 0.0153. The summed E-state index contributed by atoms with van der Waals surface area (Å²) >= 11 is 6.15. The van der Waals surface area contributed by atoms with Gasteiger partial charge < -0.3 is 15.6 Å². The molecule has 0 aromatic heterocycles. The molecule has 0 aliphatic carbocycles. The van der Waals surface area contributed by atoms with Gasteiger partial charge in [0.1, 0.15) is 5.82 Å². The number of halogens is 2. The van der Waals surface area contributed by atoms with E-state index < -0.39 is 19.1 Å². The molecule has 2 rings (SSSR count). The molecule has 1 atom stereocenters. The summed E-state index contributed by atoms with van der Waals surface area (Å²) < 4.78 is 33.4. The summed E-state index contributed by atoms with van der Waals surface area (Å²) in [5, 5.41) is 3.21. The zero-order valence-corrected chi connectivity index (χ0v) is 20.9. The van der Waals surface area contributed by atoms with E-state index in [2.05, 4.69) is 10.3 Å². The molecule has 0 radical (unpaired) electrons. The Morgan fingerprint density at radius 1 is 1.26 bits per heavy atom. The predicted molar refractivity (Wildman–Crippen MR) is 139 cm³/mol. The van der Waals surface area contributed by atoms with E-state index in [-0.39, 0.29) is 21.9 Å². The highest BCUT2D eigenvalue weighted by atomic mass is 35.5. The molecule has 1 unspecified atom stereocenters. The van der Waals surface area contributed by atoms with Crippen molar-refractivity contribution in [3.63, 3.8) is 0 Å². The lowest BCUT2D eigenvalue weighted by Crippen LogP contribution is -2.23. The minimum Gasteiger partial charge on any atom is -0.398 e. The van der Waals surface area contributed by atoms with Gasteiger partial charge in [-0.25, -0.2) is 4.39 Å². The smallest absolute Gasteiger partial charge is 0.261 e. The highest BCUT2D eigenvalue weighted by Crippen LogP contribution is 2.59. The molecule has 0 spiro atoms. The van der Waals surface area contributed by atoms with Crippen LogP contribution >= 0.6 is 19.0 Å². The second kappa shape index (κ2) is 13.0. The molecule has 2 aromatic carbocycles. The Labute approximate surface area is 204 Å². The highest BCUT2D eigenvalue weighted by molar-refractivity contribution is 7.77. The summed E-state index contributed by atoms with van der Waals surface area (Å²) in [4.78, 5) is 16.9.